The molecule has 14 heavy (non-hydrogen) atoms. The number of halogens is 1. The number of hydrogen-bond acceptors (Lipinski definition) is 2. The van der Waals surface area contributed by atoms with Crippen molar-refractivity contribution >= 4 is 11.6 Å². The molecule has 0 aliphatic heterocycles. The Hall–Kier alpha value is -0.570. The highest BCUT2D eigenvalue weighted by molar-refractivity contribution is 6.30. The van der Waals surface area contributed by atoms with Crippen molar-refractivity contribution in [3.63, 3.8) is 0 Å². The number of aliphatic hydroxyl groups is 1. The topological polar surface area (TPSA) is 32.3 Å². The third kappa shape index (κ3) is 2.98. The Balaban J connectivity index is 2.85. The van der Waals surface area contributed by atoms with Gasteiger partial charge in [0.15, 0.2) is 0 Å². The molecule has 0 saturated heterocycles. The van der Waals surface area contributed by atoms with Crippen LogP contribution in [0.4, 0.5) is 0 Å². The minimum absolute atomic E-state index is 0.0479. The average molecular weight is 214 g/mol. The van der Waals surface area contributed by atoms with Crippen LogP contribution in [0.1, 0.15) is 18.1 Å². The fourth-order valence-electron chi connectivity index (χ4n) is 1.37. The smallest absolute Gasteiger partial charge is 0.0685 e. The van der Waals surface area contributed by atoms with E-state index in [0.717, 1.165) is 17.5 Å². The zero-order valence-corrected chi connectivity index (χ0v) is 9.30. The Morgan fingerprint density at radius 2 is 2.14 bits per heavy atom. The molecule has 0 spiro atoms. The fraction of sp³-hybridized carbons (Fsp3) is 0.455. The molecule has 0 radical (unpaired) electrons. The van der Waals surface area contributed by atoms with E-state index >= 15 is 0 Å². The molecule has 0 saturated carbocycles. The van der Waals surface area contributed by atoms with Crippen LogP contribution in [0.3, 0.4) is 0 Å². The zero-order chi connectivity index (χ0) is 10.6. The first kappa shape index (κ1) is 11.5. The highest BCUT2D eigenvalue weighted by atomic mass is 35.5. The summed E-state index contributed by atoms with van der Waals surface area (Å²) in [6.07, 6.45) is 0.906. The third-order valence-electron chi connectivity index (χ3n) is 2.36. The van der Waals surface area contributed by atoms with Crippen LogP contribution in [0.2, 0.25) is 5.02 Å². The predicted octanol–water partition coefficient (Wildman–Crippen LogP) is 1.98. The lowest BCUT2D eigenvalue weighted by Gasteiger charge is -2.13. The minimum Gasteiger partial charge on any atom is -0.392 e. The van der Waals surface area contributed by atoms with E-state index in [4.69, 9.17) is 16.7 Å². The summed E-state index contributed by atoms with van der Waals surface area (Å²) in [6.45, 7) is 2.15. The maximum absolute atomic E-state index is 9.15. The number of likely N-dealkylation sites (N-methyl/N-ethyl adjacent to an activating group) is 1. The van der Waals surface area contributed by atoms with Crippen molar-refractivity contribution in [2.45, 2.75) is 26.0 Å². The van der Waals surface area contributed by atoms with Gasteiger partial charge in [-0.2, -0.15) is 0 Å². The van der Waals surface area contributed by atoms with Crippen molar-refractivity contribution < 1.29 is 5.11 Å². The van der Waals surface area contributed by atoms with Crippen LogP contribution in [0.15, 0.2) is 18.2 Å². The Morgan fingerprint density at radius 1 is 1.43 bits per heavy atom. The van der Waals surface area contributed by atoms with E-state index in [1.807, 2.05) is 25.2 Å². The summed E-state index contributed by atoms with van der Waals surface area (Å²) in [5.74, 6) is 0. The van der Waals surface area contributed by atoms with E-state index in [-0.39, 0.29) is 6.61 Å². The second-order valence-corrected chi connectivity index (χ2v) is 3.90. The number of hydrogen-bond donors (Lipinski definition) is 2. The van der Waals surface area contributed by atoms with Gasteiger partial charge in [0.05, 0.1) is 6.61 Å². The lowest BCUT2D eigenvalue weighted by molar-refractivity contribution is 0.280. The van der Waals surface area contributed by atoms with Gasteiger partial charge in [-0.1, -0.05) is 17.7 Å². The quantitative estimate of drug-likeness (QED) is 0.802. The molecular formula is C11H16ClNO. The van der Waals surface area contributed by atoms with E-state index in [0.29, 0.717) is 11.1 Å². The molecule has 0 aliphatic rings. The molecule has 78 valence electrons. The Kier molecular flexibility index (Phi) is 4.39. The summed E-state index contributed by atoms with van der Waals surface area (Å²) >= 11 is 5.84. The third-order valence-corrected chi connectivity index (χ3v) is 2.59. The van der Waals surface area contributed by atoms with Crippen molar-refractivity contribution in [2.75, 3.05) is 7.05 Å². The molecule has 1 unspecified atom stereocenters. The van der Waals surface area contributed by atoms with Gasteiger partial charge in [-0.25, -0.2) is 0 Å². The Morgan fingerprint density at radius 3 is 2.71 bits per heavy atom. The fourth-order valence-corrected chi connectivity index (χ4v) is 1.57. The molecule has 1 rings (SSSR count). The molecule has 0 aromatic heterocycles. The van der Waals surface area contributed by atoms with Crippen LogP contribution >= 0.6 is 11.6 Å². The lowest BCUT2D eigenvalue weighted by Crippen LogP contribution is -2.24. The second kappa shape index (κ2) is 5.35. The Labute approximate surface area is 89.9 Å². The molecule has 1 aromatic rings. The van der Waals surface area contributed by atoms with Crippen LogP contribution < -0.4 is 5.32 Å². The molecule has 0 fully saturated rings. The van der Waals surface area contributed by atoms with E-state index in [1.54, 1.807) is 0 Å². The zero-order valence-electron chi connectivity index (χ0n) is 8.55. The van der Waals surface area contributed by atoms with Crippen LogP contribution in [-0.4, -0.2) is 18.2 Å². The molecule has 1 aromatic carbocycles. The monoisotopic (exact) mass is 213 g/mol. The molecule has 1 atom stereocenters. The van der Waals surface area contributed by atoms with Crippen LogP contribution in [0.5, 0.6) is 0 Å². The number of rotatable bonds is 4. The van der Waals surface area contributed by atoms with Crippen molar-refractivity contribution in [3.05, 3.63) is 34.3 Å². The van der Waals surface area contributed by atoms with Gasteiger partial charge in [0.25, 0.3) is 0 Å². The van der Waals surface area contributed by atoms with Crippen molar-refractivity contribution in [2.24, 2.45) is 0 Å². The summed E-state index contributed by atoms with van der Waals surface area (Å²) in [6, 6.07) is 6.06. The van der Waals surface area contributed by atoms with Gasteiger partial charge in [-0.15, -0.1) is 0 Å². The largest absolute Gasteiger partial charge is 0.392 e. The minimum atomic E-state index is 0.0479. The first-order chi connectivity index (χ1) is 6.67. The molecule has 0 bridgehead atoms. The molecule has 0 heterocycles. The van der Waals surface area contributed by atoms with Crippen molar-refractivity contribution in [1.82, 2.24) is 5.32 Å². The van der Waals surface area contributed by atoms with Crippen molar-refractivity contribution in [3.8, 4) is 0 Å². The number of benzene rings is 1. The molecule has 0 amide bonds. The van der Waals surface area contributed by atoms with Gasteiger partial charge < -0.3 is 10.4 Å². The SMILES string of the molecule is CNC(C)Cc1ccc(Cl)cc1CO. The Bertz CT molecular complexity index is 301. The van der Waals surface area contributed by atoms with E-state index < -0.39 is 0 Å². The molecule has 2 nitrogen and oxygen atoms in total. The normalized spacial score (nSPS) is 12.9. The van der Waals surface area contributed by atoms with Gasteiger partial charge in [-0.05, 0) is 43.7 Å². The summed E-state index contributed by atoms with van der Waals surface area (Å²) in [4.78, 5) is 0. The van der Waals surface area contributed by atoms with Crippen LogP contribution in [-0.2, 0) is 13.0 Å². The van der Waals surface area contributed by atoms with Crippen molar-refractivity contribution in [1.29, 1.82) is 0 Å². The van der Waals surface area contributed by atoms with Crippen LogP contribution in [0.25, 0.3) is 0 Å². The first-order valence-electron chi connectivity index (χ1n) is 4.72. The molecular weight excluding hydrogens is 198 g/mol. The summed E-state index contributed by atoms with van der Waals surface area (Å²) < 4.78 is 0. The maximum Gasteiger partial charge on any atom is 0.0685 e. The van der Waals surface area contributed by atoms with E-state index in [9.17, 15) is 0 Å². The standard InChI is InChI=1S/C11H16ClNO/c1-8(13-2)5-9-3-4-11(12)6-10(9)7-14/h3-4,6,8,13-14H,5,7H2,1-2H3. The van der Waals surface area contributed by atoms with Gasteiger partial charge in [0.1, 0.15) is 0 Å². The average Bonchev–Trinajstić information content (AvgIpc) is 2.20. The second-order valence-electron chi connectivity index (χ2n) is 3.46. The van der Waals surface area contributed by atoms with E-state index in [2.05, 4.69) is 12.2 Å². The van der Waals surface area contributed by atoms with Gasteiger partial charge >= 0.3 is 0 Å². The number of nitrogens with one attached hydrogen (secondary N) is 1. The highest BCUT2D eigenvalue weighted by Crippen LogP contribution is 2.17. The number of aliphatic hydroxyl groups excluding tert-OH is 1. The lowest BCUT2D eigenvalue weighted by atomic mass is 10.0. The first-order valence-corrected chi connectivity index (χ1v) is 5.10. The predicted molar refractivity (Wildman–Crippen MR) is 59.6 cm³/mol. The molecule has 3 heteroatoms. The summed E-state index contributed by atoms with van der Waals surface area (Å²) in [7, 11) is 1.93. The summed E-state index contributed by atoms with van der Waals surface area (Å²) in [5.41, 5.74) is 2.07. The maximum atomic E-state index is 9.15. The molecule has 2 N–H and O–H groups in total. The van der Waals surface area contributed by atoms with Gasteiger partial charge in [-0.3, -0.25) is 0 Å². The summed E-state index contributed by atoms with van der Waals surface area (Å²) in [5, 5.41) is 13.0. The van der Waals surface area contributed by atoms with Gasteiger partial charge in [0, 0.05) is 11.1 Å². The molecule has 0 aliphatic carbocycles. The van der Waals surface area contributed by atoms with Gasteiger partial charge in [0.2, 0.25) is 0 Å². The van der Waals surface area contributed by atoms with Crippen LogP contribution in [0, 0.1) is 0 Å². The van der Waals surface area contributed by atoms with E-state index in [1.165, 1.54) is 0 Å². The highest BCUT2D eigenvalue weighted by Gasteiger charge is 2.06.